The van der Waals surface area contributed by atoms with Gasteiger partial charge in [0.25, 0.3) is 5.91 Å². The average Bonchev–Trinajstić information content (AvgIpc) is 3.54. The number of thiophene rings is 1. The van der Waals surface area contributed by atoms with Crippen LogP contribution in [-0.4, -0.2) is 44.9 Å². The predicted molar refractivity (Wildman–Crippen MR) is 155 cm³/mol. The highest BCUT2D eigenvalue weighted by atomic mass is 32.1. The first-order valence-electron chi connectivity index (χ1n) is 12.8. The van der Waals surface area contributed by atoms with Crippen LogP contribution in [0.25, 0.3) is 10.2 Å². The van der Waals surface area contributed by atoms with Crippen molar-refractivity contribution in [1.29, 1.82) is 0 Å². The number of urea groups is 1. The van der Waals surface area contributed by atoms with Crippen molar-refractivity contribution >= 4 is 68.1 Å². The molecule has 12 heteroatoms. The fourth-order valence-corrected chi connectivity index (χ4v) is 6.13. The summed E-state index contributed by atoms with van der Waals surface area (Å²) < 4.78 is 0. The SMILES string of the molecule is C=CC(=O)N[C@H]1CCC[C@H]1NC(=O)c1sc2nccc3c2c1NC(=O)N3c1ccc(Nc2cccc(C)n2)cn1. The van der Waals surface area contributed by atoms with Crippen molar-refractivity contribution in [3.05, 3.63) is 72.0 Å². The number of aryl methyl sites for hydroxylation is 1. The zero-order chi connectivity index (χ0) is 27.8. The molecule has 0 aromatic carbocycles. The largest absolute Gasteiger partial charge is 0.348 e. The Morgan fingerprint density at radius 1 is 1.12 bits per heavy atom. The molecule has 6 rings (SSSR count). The molecule has 40 heavy (non-hydrogen) atoms. The van der Waals surface area contributed by atoms with Crippen molar-refractivity contribution in [3.8, 4) is 0 Å². The van der Waals surface area contributed by atoms with Gasteiger partial charge >= 0.3 is 6.03 Å². The van der Waals surface area contributed by atoms with E-state index in [-0.39, 0.29) is 23.9 Å². The summed E-state index contributed by atoms with van der Waals surface area (Å²) in [4.78, 5) is 54.5. The van der Waals surface area contributed by atoms with Gasteiger partial charge in [-0.05, 0) is 62.6 Å². The van der Waals surface area contributed by atoms with Gasteiger partial charge in [0.05, 0.1) is 28.6 Å². The smallest absolute Gasteiger partial charge is 0.332 e. The first-order chi connectivity index (χ1) is 19.4. The lowest BCUT2D eigenvalue weighted by molar-refractivity contribution is -0.117. The molecule has 1 saturated carbocycles. The fourth-order valence-electron chi connectivity index (χ4n) is 5.11. The summed E-state index contributed by atoms with van der Waals surface area (Å²) in [5, 5.41) is 12.7. The first kappa shape index (κ1) is 25.4. The van der Waals surface area contributed by atoms with Crippen LogP contribution in [0, 0.1) is 6.92 Å². The summed E-state index contributed by atoms with van der Waals surface area (Å²) in [6, 6.07) is 10.2. The minimum absolute atomic E-state index is 0.177. The lowest BCUT2D eigenvalue weighted by Crippen LogP contribution is -2.48. The monoisotopic (exact) mass is 554 g/mol. The zero-order valence-corrected chi connectivity index (χ0v) is 22.4. The quantitative estimate of drug-likeness (QED) is 0.241. The highest BCUT2D eigenvalue weighted by Crippen LogP contribution is 2.45. The number of nitrogens with zero attached hydrogens (tertiary/aromatic N) is 4. The third-order valence-corrected chi connectivity index (χ3v) is 8.03. The average molecular weight is 555 g/mol. The van der Waals surface area contributed by atoms with Gasteiger partial charge in [-0.1, -0.05) is 12.6 Å². The number of carbonyl (C=O) groups excluding carboxylic acids is 3. The second-order valence-electron chi connectivity index (χ2n) is 9.61. The maximum Gasteiger partial charge on any atom is 0.332 e. The molecule has 2 atom stereocenters. The van der Waals surface area contributed by atoms with E-state index < -0.39 is 6.03 Å². The molecule has 4 aromatic rings. The van der Waals surface area contributed by atoms with E-state index in [0.717, 1.165) is 30.6 Å². The van der Waals surface area contributed by atoms with Gasteiger partial charge in [0.15, 0.2) is 0 Å². The van der Waals surface area contributed by atoms with E-state index in [4.69, 9.17) is 0 Å². The van der Waals surface area contributed by atoms with Gasteiger partial charge in [-0.2, -0.15) is 0 Å². The van der Waals surface area contributed by atoms with Gasteiger partial charge in [0, 0.05) is 24.0 Å². The van der Waals surface area contributed by atoms with Gasteiger partial charge in [-0.25, -0.2) is 24.6 Å². The van der Waals surface area contributed by atoms with Gasteiger partial charge < -0.3 is 21.3 Å². The molecule has 0 unspecified atom stereocenters. The molecule has 0 radical (unpaired) electrons. The maximum absolute atomic E-state index is 13.4. The van der Waals surface area contributed by atoms with Gasteiger partial charge in [0.1, 0.15) is 21.3 Å². The number of hydrogen-bond acceptors (Lipinski definition) is 8. The molecule has 4 N–H and O–H groups in total. The summed E-state index contributed by atoms with van der Waals surface area (Å²) >= 11 is 1.21. The molecular weight excluding hydrogens is 528 g/mol. The second kappa shape index (κ2) is 10.4. The highest BCUT2D eigenvalue weighted by molar-refractivity contribution is 7.21. The Morgan fingerprint density at radius 2 is 1.95 bits per heavy atom. The van der Waals surface area contributed by atoms with Crippen LogP contribution in [0.4, 0.5) is 33.5 Å². The summed E-state index contributed by atoms with van der Waals surface area (Å²) in [6.07, 6.45) is 6.87. The summed E-state index contributed by atoms with van der Waals surface area (Å²) in [7, 11) is 0. The van der Waals surface area contributed by atoms with Crippen molar-refractivity contribution in [3.63, 3.8) is 0 Å². The summed E-state index contributed by atoms with van der Waals surface area (Å²) in [6.45, 7) is 5.41. The Bertz CT molecular complexity index is 1650. The Balaban J connectivity index is 1.27. The van der Waals surface area contributed by atoms with Gasteiger partial charge in [-0.3, -0.25) is 9.59 Å². The minimum Gasteiger partial charge on any atom is -0.348 e. The van der Waals surface area contributed by atoms with E-state index in [0.29, 0.717) is 38.1 Å². The Kier molecular flexibility index (Phi) is 6.60. The van der Waals surface area contributed by atoms with Gasteiger partial charge in [-0.15, -0.1) is 11.3 Å². The number of rotatable bonds is 7. The minimum atomic E-state index is -0.432. The van der Waals surface area contributed by atoms with E-state index in [2.05, 4.69) is 42.8 Å². The molecule has 0 saturated heterocycles. The predicted octanol–water partition coefficient (Wildman–Crippen LogP) is 4.78. The highest BCUT2D eigenvalue weighted by Gasteiger charge is 2.35. The number of carbonyl (C=O) groups is 3. The van der Waals surface area contributed by atoms with Crippen LogP contribution >= 0.6 is 11.3 Å². The van der Waals surface area contributed by atoms with Gasteiger partial charge in [0.2, 0.25) is 5.91 Å². The van der Waals surface area contributed by atoms with Crippen molar-refractivity contribution in [2.45, 2.75) is 38.3 Å². The molecule has 11 nitrogen and oxygen atoms in total. The van der Waals surface area contributed by atoms with Crippen LogP contribution in [0.5, 0.6) is 0 Å². The fraction of sp³-hybridized carbons (Fsp3) is 0.214. The van der Waals surface area contributed by atoms with Crippen molar-refractivity contribution in [2.24, 2.45) is 0 Å². The Morgan fingerprint density at radius 3 is 2.70 bits per heavy atom. The van der Waals surface area contributed by atoms with Crippen LogP contribution in [0.3, 0.4) is 0 Å². The van der Waals surface area contributed by atoms with Crippen LogP contribution in [-0.2, 0) is 4.79 Å². The topological polar surface area (TPSA) is 141 Å². The number of aromatic nitrogens is 3. The Labute approximate surface area is 233 Å². The molecule has 4 amide bonds. The van der Waals surface area contributed by atoms with Crippen LogP contribution in [0.2, 0.25) is 0 Å². The standard InChI is InChI=1S/C28H26N8O3S/c1-3-22(37)33-17-7-5-8-18(17)34-26(38)25-24-23-19(12-13-29-27(23)40-25)36(28(39)35-24)21-11-10-16(14-30-21)32-20-9-4-6-15(2)31-20/h3-4,6,9-14,17-18H,1,5,7-8H2,2H3,(H,31,32)(H,33,37)(H,34,38)(H,35,39)/t17-,18+/m0/s1. The molecule has 1 fully saturated rings. The van der Waals surface area contributed by atoms with Crippen molar-refractivity contribution in [2.75, 3.05) is 15.5 Å². The molecule has 0 spiro atoms. The van der Waals surface area contributed by atoms with E-state index in [1.807, 2.05) is 31.2 Å². The molecule has 202 valence electrons. The second-order valence-corrected chi connectivity index (χ2v) is 10.6. The molecule has 1 aliphatic carbocycles. The molecule has 4 aromatic heterocycles. The molecule has 0 bridgehead atoms. The van der Waals surface area contributed by atoms with E-state index in [1.165, 1.54) is 22.3 Å². The summed E-state index contributed by atoms with van der Waals surface area (Å²) in [5.74, 6) is 0.526. The molecule has 5 heterocycles. The lowest BCUT2D eigenvalue weighted by Gasteiger charge is -2.27. The Hall–Kier alpha value is -4.84. The normalized spacial score (nSPS) is 17.8. The molecular formula is C28H26N8O3S. The maximum atomic E-state index is 13.4. The zero-order valence-electron chi connectivity index (χ0n) is 21.6. The van der Waals surface area contributed by atoms with E-state index in [9.17, 15) is 14.4 Å². The van der Waals surface area contributed by atoms with Crippen LogP contribution in [0.15, 0.2) is 61.4 Å². The first-order valence-corrected chi connectivity index (χ1v) is 13.7. The van der Waals surface area contributed by atoms with Crippen LogP contribution < -0.4 is 26.2 Å². The van der Waals surface area contributed by atoms with Crippen molar-refractivity contribution in [1.82, 2.24) is 25.6 Å². The molecule has 2 aliphatic rings. The third-order valence-electron chi connectivity index (χ3n) is 6.94. The third kappa shape index (κ3) is 4.73. The number of amides is 4. The molecule has 1 aliphatic heterocycles. The number of nitrogens with one attached hydrogen (secondary N) is 4. The number of pyridine rings is 3. The van der Waals surface area contributed by atoms with Crippen LogP contribution in [0.1, 0.15) is 34.6 Å². The summed E-state index contributed by atoms with van der Waals surface area (Å²) in [5.41, 5.74) is 2.63. The number of anilines is 5. The lowest BCUT2D eigenvalue weighted by atomic mass is 10.1. The van der Waals surface area contributed by atoms with Crippen molar-refractivity contribution < 1.29 is 14.4 Å². The van der Waals surface area contributed by atoms with E-state index >= 15 is 0 Å². The number of hydrogen-bond donors (Lipinski definition) is 4. The van der Waals surface area contributed by atoms with E-state index in [1.54, 1.807) is 24.5 Å².